The normalized spacial score (nSPS) is 11.0. The molecule has 4 nitrogen and oxygen atoms in total. The van der Waals surface area contributed by atoms with Crippen LogP contribution < -0.4 is 11.1 Å². The summed E-state index contributed by atoms with van der Waals surface area (Å²) in [6.45, 7) is 2.93. The van der Waals surface area contributed by atoms with Crippen molar-refractivity contribution < 1.29 is 8.81 Å². The van der Waals surface area contributed by atoms with Crippen molar-refractivity contribution in [1.82, 2.24) is 4.98 Å². The van der Waals surface area contributed by atoms with Crippen molar-refractivity contribution in [2.75, 3.05) is 17.6 Å². The molecule has 0 aliphatic heterocycles. The highest BCUT2D eigenvalue weighted by atomic mass is 19.1. The highest BCUT2D eigenvalue weighted by Gasteiger charge is 2.13. The molecule has 0 atom stereocenters. The van der Waals surface area contributed by atoms with E-state index in [0.29, 0.717) is 22.7 Å². The Labute approximate surface area is 121 Å². The van der Waals surface area contributed by atoms with Crippen LogP contribution in [0.4, 0.5) is 15.8 Å². The summed E-state index contributed by atoms with van der Waals surface area (Å²) in [5.41, 5.74) is 9.20. The fraction of sp³-hybridized carbons (Fsp3) is 0.188. The summed E-state index contributed by atoms with van der Waals surface area (Å²) in [4.78, 5) is 4.41. The predicted octanol–water partition coefficient (Wildman–Crippen LogP) is 4.04. The van der Waals surface area contributed by atoms with E-state index in [-0.39, 0.29) is 5.82 Å². The van der Waals surface area contributed by atoms with E-state index in [1.54, 1.807) is 12.1 Å². The van der Waals surface area contributed by atoms with E-state index in [1.165, 1.54) is 12.1 Å². The van der Waals surface area contributed by atoms with Gasteiger partial charge >= 0.3 is 0 Å². The van der Waals surface area contributed by atoms with Gasteiger partial charge in [0.15, 0.2) is 5.58 Å². The summed E-state index contributed by atoms with van der Waals surface area (Å²) in [5.74, 6) is 0.0867. The van der Waals surface area contributed by atoms with E-state index < -0.39 is 0 Å². The number of nitrogens with zero attached hydrogens (tertiary/aromatic N) is 1. The lowest BCUT2D eigenvalue weighted by atomic mass is 10.1. The monoisotopic (exact) mass is 285 g/mol. The summed E-state index contributed by atoms with van der Waals surface area (Å²) in [7, 11) is 0. The number of oxazole rings is 1. The Kier molecular flexibility index (Phi) is 3.48. The van der Waals surface area contributed by atoms with Crippen molar-refractivity contribution in [2.45, 2.75) is 13.3 Å². The molecule has 0 spiro atoms. The van der Waals surface area contributed by atoms with Crippen molar-refractivity contribution in [3.05, 3.63) is 42.2 Å². The number of rotatable bonds is 4. The number of hydrogen-bond donors (Lipinski definition) is 2. The van der Waals surface area contributed by atoms with E-state index in [2.05, 4.69) is 17.2 Å². The van der Waals surface area contributed by atoms with Crippen molar-refractivity contribution in [2.24, 2.45) is 0 Å². The minimum Gasteiger partial charge on any atom is -0.436 e. The molecule has 2 aromatic carbocycles. The number of hydrogen-bond acceptors (Lipinski definition) is 4. The van der Waals surface area contributed by atoms with Crippen molar-refractivity contribution in [1.29, 1.82) is 0 Å². The fourth-order valence-corrected chi connectivity index (χ4v) is 2.17. The number of nitrogens with one attached hydrogen (secondary N) is 1. The molecule has 0 aliphatic carbocycles. The Morgan fingerprint density at radius 2 is 2.10 bits per heavy atom. The first kappa shape index (κ1) is 13.4. The fourth-order valence-electron chi connectivity index (χ4n) is 2.17. The summed E-state index contributed by atoms with van der Waals surface area (Å²) in [6.07, 6.45) is 1.00. The Balaban J connectivity index is 2.10. The highest BCUT2D eigenvalue weighted by molar-refractivity contribution is 5.81. The smallest absolute Gasteiger partial charge is 0.229 e. The molecular formula is C16H16FN3O. The maximum absolute atomic E-state index is 13.2. The summed E-state index contributed by atoms with van der Waals surface area (Å²) < 4.78 is 18.9. The van der Waals surface area contributed by atoms with E-state index in [4.69, 9.17) is 10.2 Å². The topological polar surface area (TPSA) is 64.1 Å². The average Bonchev–Trinajstić information content (AvgIpc) is 2.88. The van der Waals surface area contributed by atoms with Gasteiger partial charge in [0.1, 0.15) is 11.3 Å². The molecule has 21 heavy (non-hydrogen) atoms. The third kappa shape index (κ3) is 2.67. The molecule has 1 heterocycles. The maximum Gasteiger partial charge on any atom is 0.229 e. The first-order valence-electron chi connectivity index (χ1n) is 6.87. The van der Waals surface area contributed by atoms with Gasteiger partial charge in [0.05, 0.1) is 5.56 Å². The quantitative estimate of drug-likeness (QED) is 0.710. The predicted molar refractivity (Wildman–Crippen MR) is 82.6 cm³/mol. The molecule has 0 fully saturated rings. The van der Waals surface area contributed by atoms with Crippen LogP contribution in [0.25, 0.3) is 22.6 Å². The van der Waals surface area contributed by atoms with Gasteiger partial charge in [-0.1, -0.05) is 6.92 Å². The average molecular weight is 285 g/mol. The molecular weight excluding hydrogens is 269 g/mol. The van der Waals surface area contributed by atoms with Crippen LogP contribution in [0.15, 0.2) is 40.8 Å². The molecule has 0 saturated heterocycles. The lowest BCUT2D eigenvalue weighted by Crippen LogP contribution is -2.02. The molecule has 1 aromatic heterocycles. The highest BCUT2D eigenvalue weighted by Crippen LogP contribution is 2.32. The second-order valence-electron chi connectivity index (χ2n) is 4.86. The number of nitrogen functional groups attached to an aromatic ring is 1. The molecule has 0 amide bonds. The van der Waals surface area contributed by atoms with Crippen LogP contribution in [0.3, 0.4) is 0 Å². The van der Waals surface area contributed by atoms with Crippen molar-refractivity contribution in [3.8, 4) is 11.5 Å². The molecule has 5 heteroatoms. The van der Waals surface area contributed by atoms with Crippen LogP contribution in [0.1, 0.15) is 13.3 Å². The molecule has 3 aromatic rings. The number of fused-ring (bicyclic) bond motifs is 1. The zero-order valence-corrected chi connectivity index (χ0v) is 11.7. The van der Waals surface area contributed by atoms with Gasteiger partial charge in [-0.25, -0.2) is 9.37 Å². The summed E-state index contributed by atoms with van der Waals surface area (Å²) in [6, 6.07) is 9.82. The van der Waals surface area contributed by atoms with Crippen LogP contribution in [0, 0.1) is 5.82 Å². The van der Waals surface area contributed by atoms with Gasteiger partial charge in [-0.15, -0.1) is 0 Å². The van der Waals surface area contributed by atoms with Crippen LogP contribution in [-0.2, 0) is 0 Å². The van der Waals surface area contributed by atoms with Gasteiger partial charge in [0.25, 0.3) is 0 Å². The van der Waals surface area contributed by atoms with E-state index >= 15 is 0 Å². The molecule has 0 radical (unpaired) electrons. The van der Waals surface area contributed by atoms with Gasteiger partial charge in [0.2, 0.25) is 5.89 Å². The third-order valence-corrected chi connectivity index (χ3v) is 3.19. The van der Waals surface area contributed by atoms with Gasteiger partial charge in [0, 0.05) is 24.0 Å². The van der Waals surface area contributed by atoms with E-state index in [0.717, 1.165) is 24.2 Å². The molecule has 0 saturated carbocycles. The lowest BCUT2D eigenvalue weighted by molar-refractivity contribution is 0.602. The van der Waals surface area contributed by atoms with Crippen LogP contribution in [0.2, 0.25) is 0 Å². The summed E-state index contributed by atoms with van der Waals surface area (Å²) >= 11 is 0. The Morgan fingerprint density at radius 1 is 1.24 bits per heavy atom. The number of nitrogens with two attached hydrogens (primary N) is 1. The standard InChI is InChI=1S/C16H16FN3O/c1-2-7-19-13-6-4-11(18)9-12(13)16-20-14-5-3-10(17)8-15(14)21-16/h3-6,8-9,19H,2,7,18H2,1H3. The third-order valence-electron chi connectivity index (χ3n) is 3.19. The van der Waals surface area contributed by atoms with Crippen LogP contribution >= 0.6 is 0 Å². The molecule has 0 unspecified atom stereocenters. The summed E-state index contributed by atoms with van der Waals surface area (Å²) in [5, 5.41) is 3.31. The van der Waals surface area contributed by atoms with E-state index in [9.17, 15) is 4.39 Å². The van der Waals surface area contributed by atoms with E-state index in [1.807, 2.05) is 12.1 Å². The Morgan fingerprint density at radius 3 is 2.90 bits per heavy atom. The van der Waals surface area contributed by atoms with Gasteiger partial charge in [-0.3, -0.25) is 0 Å². The first-order chi connectivity index (χ1) is 10.2. The van der Waals surface area contributed by atoms with Crippen molar-refractivity contribution >= 4 is 22.5 Å². The van der Waals surface area contributed by atoms with Gasteiger partial charge in [-0.2, -0.15) is 0 Å². The van der Waals surface area contributed by atoms with Gasteiger partial charge < -0.3 is 15.5 Å². The molecule has 3 rings (SSSR count). The molecule has 0 bridgehead atoms. The largest absolute Gasteiger partial charge is 0.436 e. The molecule has 108 valence electrons. The Bertz CT molecular complexity index is 782. The Hall–Kier alpha value is -2.56. The number of halogens is 1. The number of anilines is 2. The van der Waals surface area contributed by atoms with Crippen LogP contribution in [-0.4, -0.2) is 11.5 Å². The van der Waals surface area contributed by atoms with Crippen LogP contribution in [0.5, 0.6) is 0 Å². The maximum atomic E-state index is 13.2. The number of benzene rings is 2. The molecule has 3 N–H and O–H groups in total. The second-order valence-corrected chi connectivity index (χ2v) is 4.86. The minimum absolute atomic E-state index is 0.345. The first-order valence-corrected chi connectivity index (χ1v) is 6.87. The zero-order chi connectivity index (χ0) is 14.8. The number of aromatic nitrogens is 1. The minimum atomic E-state index is -0.345. The lowest BCUT2D eigenvalue weighted by Gasteiger charge is -2.09. The van der Waals surface area contributed by atoms with Gasteiger partial charge in [-0.05, 0) is 36.8 Å². The SMILES string of the molecule is CCCNc1ccc(N)cc1-c1nc2ccc(F)cc2o1. The van der Waals surface area contributed by atoms with Crippen molar-refractivity contribution in [3.63, 3.8) is 0 Å². The molecule has 0 aliphatic rings. The second kappa shape index (κ2) is 5.44. The zero-order valence-electron chi connectivity index (χ0n) is 11.7.